The second kappa shape index (κ2) is 7.30. The molecule has 0 saturated heterocycles. The molecular weight excluding hydrogens is 272 g/mol. The second-order valence-corrected chi connectivity index (χ2v) is 5.99. The lowest BCUT2D eigenvalue weighted by Crippen LogP contribution is -2.31. The number of benzene rings is 1. The summed E-state index contributed by atoms with van der Waals surface area (Å²) in [5.41, 5.74) is 4.26. The molecule has 1 heterocycles. The van der Waals surface area contributed by atoms with Gasteiger partial charge in [0.25, 0.3) is 5.91 Å². The first-order valence-electron chi connectivity index (χ1n) is 7.99. The van der Waals surface area contributed by atoms with Crippen molar-refractivity contribution < 1.29 is 4.79 Å². The second-order valence-electron chi connectivity index (χ2n) is 5.99. The largest absolute Gasteiger partial charge is 0.354 e. The summed E-state index contributed by atoms with van der Waals surface area (Å²) >= 11 is 0. The van der Waals surface area contributed by atoms with Crippen LogP contribution in [0.25, 0.3) is 0 Å². The molecule has 0 aliphatic rings. The minimum Gasteiger partial charge on any atom is -0.354 e. The van der Waals surface area contributed by atoms with E-state index in [1.165, 1.54) is 11.1 Å². The SMILES string of the molecule is CCCCN(Cc1ccc(C)cc1)C(=O)c1ccn(C)c1C. The highest BCUT2D eigenvalue weighted by atomic mass is 16.2. The van der Waals surface area contributed by atoms with Crippen LogP contribution in [0.3, 0.4) is 0 Å². The average Bonchev–Trinajstić information content (AvgIpc) is 2.84. The number of amides is 1. The molecule has 0 fully saturated rings. The first-order chi connectivity index (χ1) is 10.5. The van der Waals surface area contributed by atoms with Gasteiger partial charge in [-0.15, -0.1) is 0 Å². The van der Waals surface area contributed by atoms with E-state index in [4.69, 9.17) is 0 Å². The number of carbonyl (C=O) groups is 1. The molecule has 0 aliphatic carbocycles. The van der Waals surface area contributed by atoms with Crippen LogP contribution >= 0.6 is 0 Å². The number of hydrogen-bond acceptors (Lipinski definition) is 1. The van der Waals surface area contributed by atoms with Crippen molar-refractivity contribution >= 4 is 5.91 Å². The summed E-state index contributed by atoms with van der Waals surface area (Å²) in [4.78, 5) is 14.8. The molecule has 2 rings (SSSR count). The summed E-state index contributed by atoms with van der Waals surface area (Å²) in [6.45, 7) is 7.71. The van der Waals surface area contributed by atoms with Crippen molar-refractivity contribution in [3.63, 3.8) is 0 Å². The Labute approximate surface area is 133 Å². The van der Waals surface area contributed by atoms with Gasteiger partial charge in [0.15, 0.2) is 0 Å². The third kappa shape index (κ3) is 3.79. The van der Waals surface area contributed by atoms with E-state index in [0.29, 0.717) is 6.54 Å². The van der Waals surface area contributed by atoms with Gasteiger partial charge in [-0.25, -0.2) is 0 Å². The average molecular weight is 298 g/mol. The van der Waals surface area contributed by atoms with Gasteiger partial charge in [0.05, 0.1) is 5.56 Å². The van der Waals surface area contributed by atoms with Crippen molar-refractivity contribution in [2.75, 3.05) is 6.54 Å². The molecule has 0 atom stereocenters. The van der Waals surface area contributed by atoms with Gasteiger partial charge in [-0.2, -0.15) is 0 Å². The van der Waals surface area contributed by atoms with E-state index in [9.17, 15) is 4.79 Å². The van der Waals surface area contributed by atoms with Gasteiger partial charge < -0.3 is 9.47 Å². The van der Waals surface area contributed by atoms with E-state index in [1.807, 2.05) is 35.7 Å². The van der Waals surface area contributed by atoms with E-state index in [-0.39, 0.29) is 5.91 Å². The molecule has 1 aromatic carbocycles. The van der Waals surface area contributed by atoms with Crippen LogP contribution in [0.1, 0.15) is 46.9 Å². The van der Waals surface area contributed by atoms with Crippen molar-refractivity contribution in [2.45, 2.75) is 40.2 Å². The monoisotopic (exact) mass is 298 g/mol. The lowest BCUT2D eigenvalue weighted by Gasteiger charge is -2.23. The van der Waals surface area contributed by atoms with Crippen LogP contribution in [0.5, 0.6) is 0 Å². The third-order valence-electron chi connectivity index (χ3n) is 4.18. The summed E-state index contributed by atoms with van der Waals surface area (Å²) in [6.07, 6.45) is 4.07. The quantitative estimate of drug-likeness (QED) is 0.788. The third-order valence-corrected chi connectivity index (χ3v) is 4.18. The first-order valence-corrected chi connectivity index (χ1v) is 7.99. The Hall–Kier alpha value is -2.03. The normalized spacial score (nSPS) is 10.7. The van der Waals surface area contributed by atoms with Crippen molar-refractivity contribution in [3.05, 3.63) is 58.9 Å². The predicted octanol–water partition coefficient (Wildman–Crippen LogP) is 4.08. The molecular formula is C19H26N2O. The van der Waals surface area contributed by atoms with Gasteiger partial charge in [0.1, 0.15) is 0 Å². The molecule has 1 aromatic heterocycles. The summed E-state index contributed by atoms with van der Waals surface area (Å²) in [5.74, 6) is 0.132. The van der Waals surface area contributed by atoms with Gasteiger partial charge >= 0.3 is 0 Å². The van der Waals surface area contributed by atoms with Gasteiger partial charge in [-0.1, -0.05) is 43.2 Å². The van der Waals surface area contributed by atoms with Gasteiger partial charge in [-0.3, -0.25) is 4.79 Å². The Balaban J connectivity index is 2.19. The number of carbonyl (C=O) groups excluding carboxylic acids is 1. The minimum atomic E-state index is 0.132. The highest BCUT2D eigenvalue weighted by Crippen LogP contribution is 2.15. The van der Waals surface area contributed by atoms with Crippen LogP contribution in [0.2, 0.25) is 0 Å². The zero-order valence-corrected chi connectivity index (χ0v) is 14.1. The fourth-order valence-corrected chi connectivity index (χ4v) is 2.52. The predicted molar refractivity (Wildman–Crippen MR) is 91.0 cm³/mol. The molecule has 0 saturated carbocycles. The Morgan fingerprint density at radius 2 is 1.82 bits per heavy atom. The van der Waals surface area contributed by atoms with Gasteiger partial charge in [0.2, 0.25) is 0 Å². The number of hydrogen-bond donors (Lipinski definition) is 0. The summed E-state index contributed by atoms with van der Waals surface area (Å²) in [5, 5.41) is 0. The van der Waals surface area contributed by atoms with Crippen molar-refractivity contribution in [3.8, 4) is 0 Å². The molecule has 2 aromatic rings. The zero-order valence-electron chi connectivity index (χ0n) is 14.1. The standard InChI is InChI=1S/C19H26N2O/c1-5-6-12-21(14-17-9-7-15(2)8-10-17)19(22)18-11-13-20(4)16(18)3/h7-11,13H,5-6,12,14H2,1-4H3. The van der Waals surface area contributed by atoms with Gasteiger partial charge in [0, 0.05) is 32.0 Å². The molecule has 3 heteroatoms. The van der Waals surface area contributed by atoms with Crippen molar-refractivity contribution in [1.29, 1.82) is 0 Å². The Bertz CT molecular complexity index is 625. The molecule has 118 valence electrons. The number of aromatic nitrogens is 1. The van der Waals surface area contributed by atoms with Crippen LogP contribution in [-0.2, 0) is 13.6 Å². The fraction of sp³-hybridized carbons (Fsp3) is 0.421. The lowest BCUT2D eigenvalue weighted by atomic mass is 10.1. The minimum absolute atomic E-state index is 0.132. The van der Waals surface area contributed by atoms with Crippen molar-refractivity contribution in [2.24, 2.45) is 7.05 Å². The zero-order chi connectivity index (χ0) is 16.1. The number of unbranched alkanes of at least 4 members (excludes halogenated alkanes) is 1. The van der Waals surface area contributed by atoms with E-state index < -0.39 is 0 Å². The van der Waals surface area contributed by atoms with Crippen LogP contribution < -0.4 is 0 Å². The summed E-state index contributed by atoms with van der Waals surface area (Å²) < 4.78 is 2.00. The molecule has 0 spiro atoms. The number of rotatable bonds is 6. The van der Waals surface area contributed by atoms with Crippen LogP contribution in [0.15, 0.2) is 36.5 Å². The molecule has 0 N–H and O–H groups in total. The van der Waals surface area contributed by atoms with E-state index >= 15 is 0 Å². The molecule has 0 aliphatic heterocycles. The highest BCUT2D eigenvalue weighted by Gasteiger charge is 2.19. The summed E-state index contributed by atoms with van der Waals surface area (Å²) in [6, 6.07) is 10.3. The number of nitrogens with zero attached hydrogens (tertiary/aromatic N) is 2. The molecule has 22 heavy (non-hydrogen) atoms. The summed E-state index contributed by atoms with van der Waals surface area (Å²) in [7, 11) is 1.97. The molecule has 3 nitrogen and oxygen atoms in total. The maximum atomic E-state index is 12.9. The number of aryl methyl sites for hydroxylation is 2. The van der Waals surface area contributed by atoms with Gasteiger partial charge in [-0.05, 0) is 31.9 Å². The Morgan fingerprint density at radius 1 is 1.14 bits per heavy atom. The van der Waals surface area contributed by atoms with Crippen LogP contribution in [0.4, 0.5) is 0 Å². The van der Waals surface area contributed by atoms with Crippen molar-refractivity contribution in [1.82, 2.24) is 9.47 Å². The molecule has 0 radical (unpaired) electrons. The van der Waals surface area contributed by atoms with Crippen LogP contribution in [-0.4, -0.2) is 21.9 Å². The fourth-order valence-electron chi connectivity index (χ4n) is 2.52. The molecule has 0 bridgehead atoms. The Morgan fingerprint density at radius 3 is 2.36 bits per heavy atom. The maximum absolute atomic E-state index is 12.9. The Kier molecular flexibility index (Phi) is 5.42. The maximum Gasteiger partial charge on any atom is 0.255 e. The van der Waals surface area contributed by atoms with E-state index in [2.05, 4.69) is 38.1 Å². The van der Waals surface area contributed by atoms with E-state index in [0.717, 1.165) is 30.6 Å². The van der Waals surface area contributed by atoms with Crippen LogP contribution in [0, 0.1) is 13.8 Å². The molecule has 1 amide bonds. The topological polar surface area (TPSA) is 25.2 Å². The smallest absolute Gasteiger partial charge is 0.255 e. The van der Waals surface area contributed by atoms with E-state index in [1.54, 1.807) is 0 Å². The lowest BCUT2D eigenvalue weighted by molar-refractivity contribution is 0.0740. The first kappa shape index (κ1) is 16.3. The molecule has 0 unspecified atom stereocenters. The highest BCUT2D eigenvalue weighted by molar-refractivity contribution is 5.95.